The Kier molecular flexibility index (Phi) is 3.79. The summed E-state index contributed by atoms with van der Waals surface area (Å²) in [6.45, 7) is 5.36. The van der Waals surface area contributed by atoms with Gasteiger partial charge >= 0.3 is 5.97 Å². The van der Waals surface area contributed by atoms with Crippen LogP contribution in [-0.2, 0) is 9.47 Å². The lowest BCUT2D eigenvalue weighted by molar-refractivity contribution is 0.0527. The average Bonchev–Trinajstić information content (AvgIpc) is 2.79. The lowest BCUT2D eigenvalue weighted by Crippen LogP contribution is -2.36. The fourth-order valence-electron chi connectivity index (χ4n) is 1.68. The molecule has 4 nitrogen and oxygen atoms in total. The molecule has 1 aliphatic heterocycles. The first-order valence-electron chi connectivity index (χ1n) is 5.40. The zero-order chi connectivity index (χ0) is 11.4. The molecular formula is C11H15NO3S. The standard InChI is InChI=1S/C11H15NO3S/c1-2-15-11(13)9-3-8-16-10(9)12-4-6-14-7-5-12/h3,8H,2,4-7H2,1H3. The monoisotopic (exact) mass is 241 g/mol. The Labute approximate surface area is 98.8 Å². The number of esters is 1. The minimum atomic E-state index is -0.231. The van der Waals surface area contributed by atoms with Crippen molar-refractivity contribution in [2.24, 2.45) is 0 Å². The number of nitrogens with zero attached hydrogens (tertiary/aromatic N) is 1. The molecule has 0 unspecified atom stereocenters. The van der Waals surface area contributed by atoms with Crippen molar-refractivity contribution >= 4 is 22.3 Å². The molecular weight excluding hydrogens is 226 g/mol. The largest absolute Gasteiger partial charge is 0.462 e. The normalized spacial score (nSPS) is 16.2. The van der Waals surface area contributed by atoms with Gasteiger partial charge in [0.15, 0.2) is 0 Å². The van der Waals surface area contributed by atoms with Crippen LogP contribution in [0.25, 0.3) is 0 Å². The summed E-state index contributed by atoms with van der Waals surface area (Å²) >= 11 is 1.58. The van der Waals surface area contributed by atoms with Gasteiger partial charge in [-0.25, -0.2) is 4.79 Å². The van der Waals surface area contributed by atoms with E-state index >= 15 is 0 Å². The Morgan fingerprint density at radius 3 is 3.00 bits per heavy atom. The van der Waals surface area contributed by atoms with Crippen molar-refractivity contribution in [3.8, 4) is 0 Å². The maximum Gasteiger partial charge on any atom is 0.341 e. The second-order valence-corrected chi connectivity index (χ2v) is 4.35. The van der Waals surface area contributed by atoms with Crippen LogP contribution < -0.4 is 4.90 Å². The van der Waals surface area contributed by atoms with E-state index < -0.39 is 0 Å². The third-order valence-corrected chi connectivity index (χ3v) is 3.41. The van der Waals surface area contributed by atoms with E-state index in [2.05, 4.69) is 4.90 Å². The Bertz CT molecular complexity index is 358. The first-order valence-corrected chi connectivity index (χ1v) is 6.28. The zero-order valence-corrected chi connectivity index (χ0v) is 10.1. The van der Waals surface area contributed by atoms with E-state index in [0.717, 1.165) is 31.3 Å². The second-order valence-electron chi connectivity index (χ2n) is 3.46. The van der Waals surface area contributed by atoms with E-state index in [1.54, 1.807) is 11.3 Å². The maximum atomic E-state index is 11.7. The Hall–Kier alpha value is -1.07. The molecule has 2 rings (SSSR count). The molecule has 2 heterocycles. The number of thiophene rings is 1. The van der Waals surface area contributed by atoms with Gasteiger partial charge in [-0.2, -0.15) is 0 Å². The van der Waals surface area contributed by atoms with Crippen molar-refractivity contribution in [2.75, 3.05) is 37.8 Å². The molecule has 0 aliphatic carbocycles. The van der Waals surface area contributed by atoms with Gasteiger partial charge in [0.25, 0.3) is 0 Å². The molecule has 1 aromatic rings. The van der Waals surface area contributed by atoms with Gasteiger partial charge < -0.3 is 14.4 Å². The molecule has 1 saturated heterocycles. The molecule has 0 N–H and O–H groups in total. The van der Waals surface area contributed by atoms with Gasteiger partial charge in [0, 0.05) is 13.1 Å². The summed E-state index contributed by atoms with van der Waals surface area (Å²) in [6, 6.07) is 1.83. The highest BCUT2D eigenvalue weighted by molar-refractivity contribution is 7.14. The van der Waals surface area contributed by atoms with Crippen LogP contribution in [0.5, 0.6) is 0 Å². The maximum absolute atomic E-state index is 11.7. The predicted octanol–water partition coefficient (Wildman–Crippen LogP) is 1.76. The summed E-state index contributed by atoms with van der Waals surface area (Å²) in [5.41, 5.74) is 0.675. The van der Waals surface area contributed by atoms with Gasteiger partial charge in [-0.15, -0.1) is 11.3 Å². The lowest BCUT2D eigenvalue weighted by atomic mass is 10.3. The number of rotatable bonds is 3. The number of carbonyl (C=O) groups excluding carboxylic acids is 1. The van der Waals surface area contributed by atoms with Gasteiger partial charge in [0.05, 0.1) is 25.4 Å². The molecule has 0 aromatic carbocycles. The molecule has 0 atom stereocenters. The first kappa shape index (κ1) is 11.4. The fraction of sp³-hybridized carbons (Fsp3) is 0.545. The molecule has 16 heavy (non-hydrogen) atoms. The van der Waals surface area contributed by atoms with Crippen molar-refractivity contribution in [1.82, 2.24) is 0 Å². The van der Waals surface area contributed by atoms with E-state index in [1.165, 1.54) is 0 Å². The molecule has 0 radical (unpaired) electrons. The highest BCUT2D eigenvalue weighted by Gasteiger charge is 2.20. The number of ether oxygens (including phenoxy) is 2. The average molecular weight is 241 g/mol. The van der Waals surface area contributed by atoms with Crippen LogP contribution in [-0.4, -0.2) is 38.9 Å². The first-order chi connectivity index (χ1) is 7.83. The molecule has 1 fully saturated rings. The van der Waals surface area contributed by atoms with E-state index in [-0.39, 0.29) is 5.97 Å². The fourth-order valence-corrected chi connectivity index (χ4v) is 2.62. The van der Waals surface area contributed by atoms with Gasteiger partial charge in [0.1, 0.15) is 5.00 Å². The smallest absolute Gasteiger partial charge is 0.341 e. The molecule has 0 saturated carbocycles. The van der Waals surface area contributed by atoms with Gasteiger partial charge in [0.2, 0.25) is 0 Å². The van der Waals surface area contributed by atoms with E-state index in [0.29, 0.717) is 12.2 Å². The quantitative estimate of drug-likeness (QED) is 0.756. The number of morpholine rings is 1. The SMILES string of the molecule is CCOC(=O)c1ccsc1N1CCOCC1. The topological polar surface area (TPSA) is 38.8 Å². The highest BCUT2D eigenvalue weighted by Crippen LogP contribution is 2.28. The van der Waals surface area contributed by atoms with Crippen molar-refractivity contribution in [3.05, 3.63) is 17.0 Å². The summed E-state index contributed by atoms with van der Waals surface area (Å²) in [7, 11) is 0. The van der Waals surface area contributed by atoms with Gasteiger partial charge in [-0.1, -0.05) is 0 Å². The van der Waals surface area contributed by atoms with E-state index in [1.807, 2.05) is 18.4 Å². The highest BCUT2D eigenvalue weighted by atomic mass is 32.1. The van der Waals surface area contributed by atoms with Crippen LogP contribution in [0.3, 0.4) is 0 Å². The Morgan fingerprint density at radius 2 is 2.31 bits per heavy atom. The van der Waals surface area contributed by atoms with Crippen LogP contribution in [0.1, 0.15) is 17.3 Å². The summed E-state index contributed by atoms with van der Waals surface area (Å²) in [5.74, 6) is -0.231. The summed E-state index contributed by atoms with van der Waals surface area (Å²) in [6.07, 6.45) is 0. The van der Waals surface area contributed by atoms with Crippen molar-refractivity contribution < 1.29 is 14.3 Å². The second kappa shape index (κ2) is 5.32. The molecule has 0 amide bonds. The number of anilines is 1. The Morgan fingerprint density at radius 1 is 1.56 bits per heavy atom. The number of hydrogen-bond donors (Lipinski definition) is 0. The van der Waals surface area contributed by atoms with Crippen molar-refractivity contribution in [3.63, 3.8) is 0 Å². The Balaban J connectivity index is 2.14. The lowest BCUT2D eigenvalue weighted by Gasteiger charge is -2.28. The summed E-state index contributed by atoms with van der Waals surface area (Å²) in [4.78, 5) is 13.9. The minimum absolute atomic E-state index is 0.231. The van der Waals surface area contributed by atoms with Crippen molar-refractivity contribution in [1.29, 1.82) is 0 Å². The number of hydrogen-bond acceptors (Lipinski definition) is 5. The molecule has 0 spiro atoms. The van der Waals surface area contributed by atoms with Crippen LogP contribution in [0.4, 0.5) is 5.00 Å². The molecule has 88 valence electrons. The van der Waals surface area contributed by atoms with Crippen LogP contribution in [0, 0.1) is 0 Å². The molecule has 1 aromatic heterocycles. The van der Waals surface area contributed by atoms with Crippen LogP contribution in [0.15, 0.2) is 11.4 Å². The summed E-state index contributed by atoms with van der Waals surface area (Å²) in [5, 5.41) is 2.93. The molecule has 0 bridgehead atoms. The third-order valence-electron chi connectivity index (χ3n) is 2.44. The minimum Gasteiger partial charge on any atom is -0.462 e. The molecule has 5 heteroatoms. The third kappa shape index (κ3) is 2.36. The van der Waals surface area contributed by atoms with E-state index in [9.17, 15) is 4.79 Å². The molecule has 1 aliphatic rings. The van der Waals surface area contributed by atoms with E-state index in [4.69, 9.17) is 9.47 Å². The zero-order valence-electron chi connectivity index (χ0n) is 9.27. The van der Waals surface area contributed by atoms with Gasteiger partial charge in [-0.05, 0) is 18.4 Å². The van der Waals surface area contributed by atoms with Crippen LogP contribution in [0.2, 0.25) is 0 Å². The summed E-state index contributed by atoms with van der Waals surface area (Å²) < 4.78 is 10.3. The number of carbonyl (C=O) groups is 1. The van der Waals surface area contributed by atoms with Gasteiger partial charge in [-0.3, -0.25) is 0 Å². The predicted molar refractivity (Wildman–Crippen MR) is 63.3 cm³/mol. The van der Waals surface area contributed by atoms with Crippen LogP contribution >= 0.6 is 11.3 Å². The van der Waals surface area contributed by atoms with Crippen molar-refractivity contribution in [2.45, 2.75) is 6.92 Å².